The van der Waals surface area contributed by atoms with Gasteiger partial charge in [-0.25, -0.2) is 9.89 Å². The van der Waals surface area contributed by atoms with Gasteiger partial charge in [0.25, 0.3) is 5.56 Å². The summed E-state index contributed by atoms with van der Waals surface area (Å²) < 4.78 is 5.22. The summed E-state index contributed by atoms with van der Waals surface area (Å²) in [5, 5.41) is 10.3. The number of fused-ring (bicyclic) bond motifs is 1. The number of hydrogen-bond acceptors (Lipinski definition) is 5. The average Bonchev–Trinajstić information content (AvgIpc) is 2.74. The van der Waals surface area contributed by atoms with Crippen molar-refractivity contribution in [3.05, 3.63) is 70.1 Å². The molecule has 7 heteroatoms. The second-order valence-electron chi connectivity index (χ2n) is 6.69. The highest BCUT2D eigenvalue weighted by Gasteiger charge is 2.12. The number of anilines is 1. The molecule has 3 rings (SSSR count). The van der Waals surface area contributed by atoms with Crippen molar-refractivity contribution in [2.75, 3.05) is 11.9 Å². The van der Waals surface area contributed by atoms with Crippen LogP contribution in [0.2, 0.25) is 0 Å². The van der Waals surface area contributed by atoms with Gasteiger partial charge in [0, 0.05) is 11.1 Å². The molecule has 0 spiro atoms. The maximum absolute atomic E-state index is 12.4. The van der Waals surface area contributed by atoms with Crippen molar-refractivity contribution in [1.82, 2.24) is 10.2 Å². The second kappa shape index (κ2) is 9.64. The van der Waals surface area contributed by atoms with Gasteiger partial charge in [-0.2, -0.15) is 5.10 Å². The van der Waals surface area contributed by atoms with Crippen LogP contribution in [-0.4, -0.2) is 28.7 Å². The maximum Gasteiger partial charge on any atom is 0.338 e. The number of carbonyl (C=O) groups excluding carboxylic acids is 2. The van der Waals surface area contributed by atoms with Crippen molar-refractivity contribution in [3.63, 3.8) is 0 Å². The van der Waals surface area contributed by atoms with Gasteiger partial charge in [0.05, 0.1) is 29.7 Å². The van der Waals surface area contributed by atoms with Gasteiger partial charge in [-0.3, -0.25) is 9.59 Å². The van der Waals surface area contributed by atoms with Crippen LogP contribution in [0.15, 0.2) is 53.3 Å². The Bertz CT molecular complexity index is 1060. The fraction of sp³-hybridized carbons (Fsp3) is 0.273. The number of amides is 1. The maximum atomic E-state index is 12.4. The minimum atomic E-state index is -0.372. The Labute approximate surface area is 168 Å². The number of ether oxygens (including phenoxy) is 1. The van der Waals surface area contributed by atoms with Crippen molar-refractivity contribution < 1.29 is 14.3 Å². The van der Waals surface area contributed by atoms with E-state index in [-0.39, 0.29) is 23.9 Å². The standard InChI is InChI=1S/C22H23N3O4/c1-2-3-6-13-29-22(28)15-9-11-16(12-10-15)23-20(26)14-19-17-7-4-5-8-18(17)21(27)25-24-19/h4-5,7-12H,2-3,6,13-14H2,1H3,(H,23,26)(H,25,27). The van der Waals surface area contributed by atoms with Crippen LogP contribution in [0.4, 0.5) is 5.69 Å². The molecule has 2 N–H and O–H groups in total. The summed E-state index contributed by atoms with van der Waals surface area (Å²) in [5.74, 6) is -0.646. The van der Waals surface area contributed by atoms with Gasteiger partial charge in [-0.15, -0.1) is 0 Å². The van der Waals surface area contributed by atoms with Crippen LogP contribution in [0.5, 0.6) is 0 Å². The molecule has 1 aromatic heterocycles. The molecule has 0 aliphatic carbocycles. The zero-order valence-electron chi connectivity index (χ0n) is 16.2. The first kappa shape index (κ1) is 20.3. The Morgan fingerprint density at radius 3 is 2.48 bits per heavy atom. The Hall–Kier alpha value is -3.48. The zero-order chi connectivity index (χ0) is 20.6. The highest BCUT2D eigenvalue weighted by molar-refractivity contribution is 5.96. The Kier molecular flexibility index (Phi) is 6.73. The Balaban J connectivity index is 1.61. The van der Waals surface area contributed by atoms with E-state index < -0.39 is 0 Å². The molecular weight excluding hydrogens is 370 g/mol. The van der Waals surface area contributed by atoms with Crippen molar-refractivity contribution in [1.29, 1.82) is 0 Å². The monoisotopic (exact) mass is 393 g/mol. The first-order valence-corrected chi connectivity index (χ1v) is 9.62. The van der Waals surface area contributed by atoms with E-state index in [0.29, 0.717) is 34.3 Å². The van der Waals surface area contributed by atoms with Gasteiger partial charge in [0.15, 0.2) is 0 Å². The summed E-state index contributed by atoms with van der Waals surface area (Å²) in [4.78, 5) is 36.2. The third-order valence-electron chi connectivity index (χ3n) is 4.49. The lowest BCUT2D eigenvalue weighted by atomic mass is 10.1. The molecule has 150 valence electrons. The van der Waals surface area contributed by atoms with E-state index in [1.807, 2.05) is 0 Å². The molecule has 3 aromatic rings. The summed E-state index contributed by atoms with van der Waals surface area (Å²) in [6.07, 6.45) is 2.95. The number of unbranched alkanes of at least 4 members (excludes halogenated alkanes) is 2. The number of H-pyrrole nitrogens is 1. The third kappa shape index (κ3) is 5.28. The zero-order valence-corrected chi connectivity index (χ0v) is 16.2. The topological polar surface area (TPSA) is 101 Å². The molecule has 7 nitrogen and oxygen atoms in total. The molecule has 0 aliphatic heterocycles. The van der Waals surface area contributed by atoms with Crippen molar-refractivity contribution >= 4 is 28.3 Å². The molecule has 0 fully saturated rings. The molecular formula is C22H23N3O4. The lowest BCUT2D eigenvalue weighted by Gasteiger charge is -2.08. The fourth-order valence-electron chi connectivity index (χ4n) is 2.95. The van der Waals surface area contributed by atoms with Crippen LogP contribution in [0.3, 0.4) is 0 Å². The molecule has 1 amide bonds. The smallest absolute Gasteiger partial charge is 0.338 e. The summed E-state index contributed by atoms with van der Waals surface area (Å²) in [6.45, 7) is 2.50. The normalized spacial score (nSPS) is 10.7. The molecule has 1 heterocycles. The van der Waals surface area contributed by atoms with E-state index in [0.717, 1.165) is 19.3 Å². The number of hydrogen-bond donors (Lipinski definition) is 2. The molecule has 29 heavy (non-hydrogen) atoms. The first-order chi connectivity index (χ1) is 14.1. The summed E-state index contributed by atoms with van der Waals surface area (Å²) >= 11 is 0. The van der Waals surface area contributed by atoms with Crippen LogP contribution in [0.25, 0.3) is 10.8 Å². The van der Waals surface area contributed by atoms with Crippen LogP contribution in [0.1, 0.15) is 42.2 Å². The summed E-state index contributed by atoms with van der Waals surface area (Å²) in [6, 6.07) is 13.6. The third-order valence-corrected chi connectivity index (χ3v) is 4.49. The first-order valence-electron chi connectivity index (χ1n) is 9.62. The lowest BCUT2D eigenvalue weighted by molar-refractivity contribution is -0.115. The summed E-state index contributed by atoms with van der Waals surface area (Å²) in [5.41, 5.74) is 1.20. The van der Waals surface area contributed by atoms with Crippen molar-refractivity contribution in [2.24, 2.45) is 0 Å². The van der Waals surface area contributed by atoms with Crippen LogP contribution < -0.4 is 10.9 Å². The Morgan fingerprint density at radius 1 is 1.03 bits per heavy atom. The van der Waals surface area contributed by atoms with E-state index in [2.05, 4.69) is 22.4 Å². The largest absolute Gasteiger partial charge is 0.462 e. The van der Waals surface area contributed by atoms with Crippen LogP contribution in [0, 0.1) is 0 Å². The van der Waals surface area contributed by atoms with Crippen molar-refractivity contribution in [2.45, 2.75) is 32.6 Å². The van der Waals surface area contributed by atoms with E-state index in [1.165, 1.54) is 0 Å². The predicted molar refractivity (Wildman–Crippen MR) is 111 cm³/mol. The van der Waals surface area contributed by atoms with E-state index in [4.69, 9.17) is 4.74 Å². The number of nitrogens with one attached hydrogen (secondary N) is 2. The fourth-order valence-corrected chi connectivity index (χ4v) is 2.95. The minimum Gasteiger partial charge on any atom is -0.462 e. The highest BCUT2D eigenvalue weighted by atomic mass is 16.5. The van der Waals surface area contributed by atoms with Crippen LogP contribution >= 0.6 is 0 Å². The SMILES string of the molecule is CCCCCOC(=O)c1ccc(NC(=O)Cc2n[nH]c(=O)c3ccccc23)cc1. The van der Waals surface area contributed by atoms with Gasteiger partial charge in [-0.05, 0) is 36.8 Å². The van der Waals surface area contributed by atoms with Crippen LogP contribution in [-0.2, 0) is 16.0 Å². The number of esters is 1. The van der Waals surface area contributed by atoms with E-state index in [9.17, 15) is 14.4 Å². The van der Waals surface area contributed by atoms with Crippen molar-refractivity contribution in [3.8, 4) is 0 Å². The number of benzene rings is 2. The number of rotatable bonds is 8. The van der Waals surface area contributed by atoms with Gasteiger partial charge in [0.2, 0.25) is 5.91 Å². The van der Waals surface area contributed by atoms with Gasteiger partial charge >= 0.3 is 5.97 Å². The van der Waals surface area contributed by atoms with E-state index in [1.54, 1.807) is 48.5 Å². The highest BCUT2D eigenvalue weighted by Crippen LogP contribution is 2.15. The van der Waals surface area contributed by atoms with E-state index >= 15 is 0 Å². The predicted octanol–water partition coefficient (Wildman–Crippen LogP) is 3.45. The number of carbonyl (C=O) groups is 2. The average molecular weight is 393 g/mol. The molecule has 2 aromatic carbocycles. The summed E-state index contributed by atoms with van der Waals surface area (Å²) in [7, 11) is 0. The molecule has 0 saturated heterocycles. The number of nitrogens with zero attached hydrogens (tertiary/aromatic N) is 1. The molecule has 0 saturated carbocycles. The Morgan fingerprint density at radius 2 is 1.76 bits per heavy atom. The molecule has 0 atom stereocenters. The lowest BCUT2D eigenvalue weighted by Crippen LogP contribution is -2.18. The molecule has 0 unspecified atom stereocenters. The number of aromatic nitrogens is 2. The molecule has 0 bridgehead atoms. The second-order valence-corrected chi connectivity index (χ2v) is 6.69. The van der Waals surface area contributed by atoms with Gasteiger partial charge < -0.3 is 10.1 Å². The minimum absolute atomic E-state index is 0.0124. The molecule has 0 radical (unpaired) electrons. The van der Waals surface area contributed by atoms with Gasteiger partial charge in [-0.1, -0.05) is 38.0 Å². The quantitative estimate of drug-likeness (QED) is 0.451. The number of aromatic amines is 1. The van der Waals surface area contributed by atoms with Gasteiger partial charge in [0.1, 0.15) is 0 Å². The molecule has 0 aliphatic rings.